The summed E-state index contributed by atoms with van der Waals surface area (Å²) in [5, 5.41) is 15.6. The maximum Gasteiger partial charge on any atom is 0.237 e. The highest BCUT2D eigenvalue weighted by atomic mass is 16.5. The molecular weight excluding hydrogens is 208 g/mol. The maximum atomic E-state index is 12.0. The first-order chi connectivity index (χ1) is 7.76. The average Bonchev–Trinajstić information content (AvgIpc) is 2.84. The average molecular weight is 228 g/mol. The fourth-order valence-electron chi connectivity index (χ4n) is 2.34. The molecule has 0 unspecified atom stereocenters. The molecule has 0 radical (unpaired) electrons. The smallest absolute Gasteiger partial charge is 0.237 e. The van der Waals surface area contributed by atoms with Gasteiger partial charge in [-0.15, -0.1) is 0 Å². The lowest BCUT2D eigenvalue weighted by Gasteiger charge is -2.37. The Morgan fingerprint density at radius 1 is 1.50 bits per heavy atom. The standard InChI is InChI=1S/C11H20N2O3/c14-8-11(3-6-16-7-4-11)13-10(15)9-2-1-5-12-9/h9,12,14H,1-8H2,(H,13,15)/t9-/m0/s1. The third-order valence-electron chi connectivity index (χ3n) is 3.52. The van der Waals surface area contributed by atoms with Crippen molar-refractivity contribution in [2.45, 2.75) is 37.3 Å². The van der Waals surface area contributed by atoms with Gasteiger partial charge in [0, 0.05) is 13.2 Å². The van der Waals surface area contributed by atoms with Crippen LogP contribution in [0.15, 0.2) is 0 Å². The first-order valence-electron chi connectivity index (χ1n) is 6.00. The van der Waals surface area contributed by atoms with Gasteiger partial charge in [-0.05, 0) is 32.2 Å². The van der Waals surface area contributed by atoms with Crippen LogP contribution in [0.5, 0.6) is 0 Å². The van der Waals surface area contributed by atoms with Gasteiger partial charge < -0.3 is 20.5 Å². The quantitative estimate of drug-likeness (QED) is 0.603. The minimum Gasteiger partial charge on any atom is -0.394 e. The van der Waals surface area contributed by atoms with Crippen LogP contribution in [0.1, 0.15) is 25.7 Å². The Hall–Kier alpha value is -0.650. The molecule has 2 fully saturated rings. The molecule has 5 nitrogen and oxygen atoms in total. The Balaban J connectivity index is 1.91. The molecule has 1 atom stereocenters. The lowest BCUT2D eigenvalue weighted by Crippen LogP contribution is -2.58. The van der Waals surface area contributed by atoms with Crippen LogP contribution in [-0.2, 0) is 9.53 Å². The summed E-state index contributed by atoms with van der Waals surface area (Å²) in [6, 6.07) is -0.0775. The van der Waals surface area contributed by atoms with Gasteiger partial charge in [0.05, 0.1) is 18.2 Å². The number of carbonyl (C=O) groups excluding carboxylic acids is 1. The summed E-state index contributed by atoms with van der Waals surface area (Å²) in [7, 11) is 0. The second-order valence-electron chi connectivity index (χ2n) is 4.69. The monoisotopic (exact) mass is 228 g/mol. The lowest BCUT2D eigenvalue weighted by molar-refractivity contribution is -0.127. The highest BCUT2D eigenvalue weighted by molar-refractivity contribution is 5.82. The van der Waals surface area contributed by atoms with E-state index < -0.39 is 5.54 Å². The van der Waals surface area contributed by atoms with E-state index in [0.717, 1.165) is 19.4 Å². The second kappa shape index (κ2) is 5.12. The van der Waals surface area contributed by atoms with Crippen molar-refractivity contribution in [3.05, 3.63) is 0 Å². The van der Waals surface area contributed by atoms with E-state index in [-0.39, 0.29) is 18.6 Å². The van der Waals surface area contributed by atoms with E-state index in [0.29, 0.717) is 26.1 Å². The van der Waals surface area contributed by atoms with Gasteiger partial charge in [-0.25, -0.2) is 0 Å². The van der Waals surface area contributed by atoms with E-state index in [2.05, 4.69) is 10.6 Å². The SMILES string of the molecule is O=C(NC1(CO)CCOCC1)[C@@H]1CCCN1. The molecule has 2 saturated heterocycles. The normalized spacial score (nSPS) is 28.9. The zero-order valence-electron chi connectivity index (χ0n) is 9.50. The van der Waals surface area contributed by atoms with Crippen LogP contribution in [0.2, 0.25) is 0 Å². The van der Waals surface area contributed by atoms with Crippen molar-refractivity contribution in [2.24, 2.45) is 0 Å². The van der Waals surface area contributed by atoms with E-state index in [1.165, 1.54) is 0 Å². The van der Waals surface area contributed by atoms with Gasteiger partial charge in [0.25, 0.3) is 0 Å². The van der Waals surface area contributed by atoms with Crippen LogP contribution in [0, 0.1) is 0 Å². The zero-order valence-corrected chi connectivity index (χ0v) is 9.50. The van der Waals surface area contributed by atoms with Crippen LogP contribution in [-0.4, -0.2) is 49.0 Å². The van der Waals surface area contributed by atoms with E-state index >= 15 is 0 Å². The Labute approximate surface area is 95.5 Å². The van der Waals surface area contributed by atoms with Crippen LogP contribution >= 0.6 is 0 Å². The molecule has 5 heteroatoms. The third kappa shape index (κ3) is 2.53. The Morgan fingerprint density at radius 2 is 2.25 bits per heavy atom. The molecule has 2 aliphatic rings. The molecule has 0 spiro atoms. The van der Waals surface area contributed by atoms with Gasteiger partial charge >= 0.3 is 0 Å². The molecule has 0 bridgehead atoms. The van der Waals surface area contributed by atoms with Crippen LogP contribution < -0.4 is 10.6 Å². The minimum atomic E-state index is -0.459. The molecule has 0 aliphatic carbocycles. The summed E-state index contributed by atoms with van der Waals surface area (Å²) >= 11 is 0. The van der Waals surface area contributed by atoms with Crippen molar-refractivity contribution in [1.29, 1.82) is 0 Å². The molecule has 2 heterocycles. The zero-order chi connectivity index (χ0) is 11.4. The summed E-state index contributed by atoms with van der Waals surface area (Å²) in [5.74, 6) is 0.0217. The van der Waals surface area contributed by atoms with Crippen LogP contribution in [0.3, 0.4) is 0 Å². The van der Waals surface area contributed by atoms with Crippen molar-refractivity contribution >= 4 is 5.91 Å². The number of rotatable bonds is 3. The number of aliphatic hydroxyl groups excluding tert-OH is 1. The van der Waals surface area contributed by atoms with E-state index in [1.807, 2.05) is 0 Å². The largest absolute Gasteiger partial charge is 0.394 e. The maximum absolute atomic E-state index is 12.0. The molecule has 0 saturated carbocycles. The number of hydrogen-bond donors (Lipinski definition) is 3. The molecule has 0 aromatic rings. The Kier molecular flexibility index (Phi) is 3.78. The summed E-state index contributed by atoms with van der Waals surface area (Å²) < 4.78 is 5.26. The van der Waals surface area contributed by atoms with E-state index in [9.17, 15) is 9.90 Å². The molecule has 92 valence electrons. The number of carbonyl (C=O) groups is 1. The number of amides is 1. The number of aliphatic hydroxyl groups is 1. The van der Waals surface area contributed by atoms with Crippen molar-refractivity contribution < 1.29 is 14.6 Å². The van der Waals surface area contributed by atoms with Gasteiger partial charge in [0.1, 0.15) is 0 Å². The molecule has 1 amide bonds. The second-order valence-corrected chi connectivity index (χ2v) is 4.69. The Bertz CT molecular complexity index is 246. The summed E-state index contributed by atoms with van der Waals surface area (Å²) in [6.45, 7) is 2.13. The van der Waals surface area contributed by atoms with E-state index in [4.69, 9.17) is 4.74 Å². The van der Waals surface area contributed by atoms with Crippen molar-refractivity contribution in [1.82, 2.24) is 10.6 Å². The predicted molar refractivity (Wildman–Crippen MR) is 59.0 cm³/mol. The lowest BCUT2D eigenvalue weighted by atomic mass is 9.90. The molecule has 16 heavy (non-hydrogen) atoms. The first-order valence-corrected chi connectivity index (χ1v) is 6.00. The number of ether oxygens (including phenoxy) is 1. The molecule has 2 rings (SSSR count). The third-order valence-corrected chi connectivity index (χ3v) is 3.52. The van der Waals surface area contributed by atoms with Crippen LogP contribution in [0.25, 0.3) is 0 Å². The summed E-state index contributed by atoms with van der Waals surface area (Å²) in [5.41, 5.74) is -0.459. The molecular formula is C11H20N2O3. The van der Waals surface area contributed by atoms with Gasteiger partial charge in [-0.2, -0.15) is 0 Å². The predicted octanol–water partition coefficient (Wildman–Crippen LogP) is -0.604. The van der Waals surface area contributed by atoms with Crippen molar-refractivity contribution in [3.63, 3.8) is 0 Å². The van der Waals surface area contributed by atoms with Crippen molar-refractivity contribution in [3.8, 4) is 0 Å². The first kappa shape index (κ1) is 11.8. The fourth-order valence-corrected chi connectivity index (χ4v) is 2.34. The highest BCUT2D eigenvalue weighted by Gasteiger charge is 2.35. The number of hydrogen-bond acceptors (Lipinski definition) is 4. The van der Waals surface area contributed by atoms with Crippen LogP contribution in [0.4, 0.5) is 0 Å². The minimum absolute atomic E-state index is 0.00514. The summed E-state index contributed by atoms with van der Waals surface area (Å²) in [6.07, 6.45) is 3.33. The molecule has 0 aromatic carbocycles. The van der Waals surface area contributed by atoms with Gasteiger partial charge in [0.15, 0.2) is 0 Å². The van der Waals surface area contributed by atoms with Crippen molar-refractivity contribution in [2.75, 3.05) is 26.4 Å². The highest BCUT2D eigenvalue weighted by Crippen LogP contribution is 2.20. The van der Waals surface area contributed by atoms with Gasteiger partial charge in [-0.1, -0.05) is 0 Å². The topological polar surface area (TPSA) is 70.6 Å². The number of nitrogens with one attached hydrogen (secondary N) is 2. The fraction of sp³-hybridized carbons (Fsp3) is 0.909. The molecule has 0 aromatic heterocycles. The van der Waals surface area contributed by atoms with Gasteiger partial charge in [0.2, 0.25) is 5.91 Å². The summed E-state index contributed by atoms with van der Waals surface area (Å²) in [4.78, 5) is 12.0. The molecule has 2 aliphatic heterocycles. The Morgan fingerprint density at radius 3 is 2.81 bits per heavy atom. The van der Waals surface area contributed by atoms with Gasteiger partial charge in [-0.3, -0.25) is 4.79 Å². The van der Waals surface area contributed by atoms with E-state index in [1.54, 1.807) is 0 Å². The molecule has 3 N–H and O–H groups in total.